The lowest BCUT2D eigenvalue weighted by molar-refractivity contribution is -0.141. The van der Waals surface area contributed by atoms with Gasteiger partial charge in [0.15, 0.2) is 0 Å². The van der Waals surface area contributed by atoms with Gasteiger partial charge in [0.1, 0.15) is 11.4 Å². The van der Waals surface area contributed by atoms with Gasteiger partial charge in [0.2, 0.25) is 0 Å². The molecule has 14 heteroatoms. The summed E-state index contributed by atoms with van der Waals surface area (Å²) < 4.78 is 48.2. The molecule has 0 radical (unpaired) electrons. The van der Waals surface area contributed by atoms with Crippen molar-refractivity contribution < 1.29 is 53.0 Å². The molecule has 40 heavy (non-hydrogen) atoms. The molecule has 0 unspecified atom stereocenters. The summed E-state index contributed by atoms with van der Waals surface area (Å²) in [6.07, 6.45) is 2.12. The fourth-order valence-corrected chi connectivity index (χ4v) is 6.05. The van der Waals surface area contributed by atoms with E-state index in [-0.39, 0.29) is 52.9 Å². The van der Waals surface area contributed by atoms with Gasteiger partial charge in [-0.25, -0.2) is 0 Å². The molecule has 0 heterocycles. The van der Waals surface area contributed by atoms with Gasteiger partial charge in [0.05, 0.1) is 79.3 Å². The molecule has 0 bridgehead atoms. The zero-order chi connectivity index (χ0) is 30.1. The first-order valence-corrected chi connectivity index (χ1v) is 15.8. The summed E-state index contributed by atoms with van der Waals surface area (Å²) in [5.41, 5.74) is -1.82. The highest BCUT2D eigenvalue weighted by Crippen LogP contribution is 2.43. The van der Waals surface area contributed by atoms with E-state index in [2.05, 4.69) is 0 Å². The predicted molar refractivity (Wildman–Crippen MR) is 153 cm³/mol. The Morgan fingerprint density at radius 1 is 0.500 bits per heavy atom. The molecule has 0 aliphatic rings. The smallest absolute Gasteiger partial charge is 0.322 e. The minimum absolute atomic E-state index is 0.0763. The van der Waals surface area contributed by atoms with Crippen molar-refractivity contribution in [1.29, 1.82) is 0 Å². The standard InChI is InChI=1S/C26H57N2O11P/c1-5-25(6-2,27(9-17-34-21-13-29)10-18-35-22-14-30)38-40(33)39-26(7-3,8-4)28(11-19-36-23-15-31)12-20-37-24-16-32/h29-32,40H,5-24H2,1-4H3. The molecule has 0 saturated heterocycles. The van der Waals surface area contributed by atoms with Crippen molar-refractivity contribution in [3.8, 4) is 0 Å². The molecule has 13 nitrogen and oxygen atoms in total. The van der Waals surface area contributed by atoms with Crippen molar-refractivity contribution in [3.63, 3.8) is 0 Å². The van der Waals surface area contributed by atoms with E-state index in [0.717, 1.165) is 0 Å². The molecule has 0 spiro atoms. The van der Waals surface area contributed by atoms with Crippen LogP contribution in [0.5, 0.6) is 0 Å². The first kappa shape index (κ1) is 39.8. The molecule has 0 atom stereocenters. The lowest BCUT2D eigenvalue weighted by Crippen LogP contribution is -2.53. The van der Waals surface area contributed by atoms with Gasteiger partial charge in [-0.3, -0.25) is 23.4 Å². The summed E-state index contributed by atoms with van der Waals surface area (Å²) in [6, 6.07) is 0. The number of nitrogens with zero attached hydrogens (tertiary/aromatic N) is 2. The molecule has 0 saturated carbocycles. The largest absolute Gasteiger partial charge is 0.394 e. The van der Waals surface area contributed by atoms with Crippen LogP contribution in [0.25, 0.3) is 0 Å². The highest BCUT2D eigenvalue weighted by atomic mass is 31.1. The number of rotatable bonds is 30. The van der Waals surface area contributed by atoms with E-state index in [4.69, 9.17) is 48.4 Å². The van der Waals surface area contributed by atoms with Crippen molar-refractivity contribution in [2.24, 2.45) is 0 Å². The average molecular weight is 605 g/mol. The number of hydrogen-bond donors (Lipinski definition) is 4. The fourth-order valence-electron chi connectivity index (χ4n) is 4.55. The first-order chi connectivity index (χ1) is 19.4. The van der Waals surface area contributed by atoms with Crippen LogP contribution in [-0.4, -0.2) is 147 Å². The van der Waals surface area contributed by atoms with Gasteiger partial charge < -0.3 is 39.4 Å². The van der Waals surface area contributed by atoms with E-state index < -0.39 is 19.7 Å². The molecule has 0 aromatic carbocycles. The van der Waals surface area contributed by atoms with Crippen LogP contribution in [0.15, 0.2) is 0 Å². The quantitative estimate of drug-likeness (QED) is 0.0525. The molecular formula is C26H57N2O11P. The van der Waals surface area contributed by atoms with Crippen molar-refractivity contribution in [3.05, 3.63) is 0 Å². The van der Waals surface area contributed by atoms with Crippen molar-refractivity contribution in [2.45, 2.75) is 64.8 Å². The van der Waals surface area contributed by atoms with Gasteiger partial charge >= 0.3 is 8.25 Å². The summed E-state index contributed by atoms with van der Waals surface area (Å²) in [7, 11) is -3.03. The molecule has 0 amide bonds. The summed E-state index contributed by atoms with van der Waals surface area (Å²) >= 11 is 0. The Balaban J connectivity index is 5.79. The van der Waals surface area contributed by atoms with Crippen molar-refractivity contribution in [1.82, 2.24) is 9.80 Å². The van der Waals surface area contributed by atoms with Crippen LogP contribution >= 0.6 is 8.25 Å². The minimum Gasteiger partial charge on any atom is -0.394 e. The summed E-state index contributed by atoms with van der Waals surface area (Å²) in [4.78, 5) is 4.05. The van der Waals surface area contributed by atoms with E-state index in [1.54, 1.807) is 0 Å². The summed E-state index contributed by atoms with van der Waals surface area (Å²) in [5, 5.41) is 36.2. The van der Waals surface area contributed by atoms with Crippen LogP contribution in [0.1, 0.15) is 53.4 Å². The molecule has 0 aromatic rings. The van der Waals surface area contributed by atoms with E-state index in [1.165, 1.54) is 0 Å². The lowest BCUT2D eigenvalue weighted by Gasteiger charge is -2.45. The second-order valence-corrected chi connectivity index (χ2v) is 9.99. The zero-order valence-electron chi connectivity index (χ0n) is 25.2. The third kappa shape index (κ3) is 15.3. The van der Waals surface area contributed by atoms with Crippen LogP contribution in [-0.2, 0) is 32.6 Å². The Kier molecular flexibility index (Phi) is 25.1. The Labute approximate surface area is 241 Å². The maximum Gasteiger partial charge on any atom is 0.322 e. The number of ether oxygens (including phenoxy) is 4. The maximum absolute atomic E-state index is 13.7. The molecule has 0 aromatic heterocycles. The topological polar surface area (TPSA) is 160 Å². The monoisotopic (exact) mass is 604 g/mol. The Bertz CT molecular complexity index is 527. The van der Waals surface area contributed by atoms with E-state index in [0.29, 0.717) is 78.3 Å². The SMILES string of the molecule is CCC(CC)(O[PH](=O)OC(CC)(CC)N(CCOCCO)CCOCCO)N(CCOCCO)CCOCCO. The molecule has 0 aliphatic heterocycles. The van der Waals surface area contributed by atoms with Gasteiger partial charge in [-0.2, -0.15) is 0 Å². The molecule has 0 fully saturated rings. The number of hydrogen-bond acceptors (Lipinski definition) is 13. The van der Waals surface area contributed by atoms with Gasteiger partial charge in [-0.1, -0.05) is 27.7 Å². The van der Waals surface area contributed by atoms with E-state index >= 15 is 0 Å². The molecular weight excluding hydrogens is 547 g/mol. The van der Waals surface area contributed by atoms with Crippen molar-refractivity contribution >= 4 is 8.25 Å². The third-order valence-electron chi connectivity index (χ3n) is 6.87. The second-order valence-electron chi connectivity index (χ2n) is 9.08. The van der Waals surface area contributed by atoms with Crippen LogP contribution in [0, 0.1) is 0 Å². The van der Waals surface area contributed by atoms with Crippen LogP contribution in [0.2, 0.25) is 0 Å². The molecule has 0 rings (SSSR count). The van der Waals surface area contributed by atoms with Gasteiger partial charge in [0, 0.05) is 26.2 Å². The maximum atomic E-state index is 13.7. The number of aliphatic hydroxyl groups is 4. The normalized spacial score (nSPS) is 12.9. The highest BCUT2D eigenvalue weighted by Gasteiger charge is 2.41. The predicted octanol–water partition coefficient (Wildman–Crippen LogP) is 1.08. The Morgan fingerprint density at radius 2 is 0.750 bits per heavy atom. The van der Waals surface area contributed by atoms with E-state index in [9.17, 15) is 4.57 Å². The highest BCUT2D eigenvalue weighted by molar-refractivity contribution is 7.33. The summed E-state index contributed by atoms with van der Waals surface area (Å²) in [5.74, 6) is 0. The zero-order valence-corrected chi connectivity index (χ0v) is 26.2. The fraction of sp³-hybridized carbons (Fsp3) is 1.00. The van der Waals surface area contributed by atoms with Gasteiger partial charge in [-0.15, -0.1) is 0 Å². The van der Waals surface area contributed by atoms with Crippen LogP contribution in [0.3, 0.4) is 0 Å². The second kappa shape index (κ2) is 25.3. The molecule has 4 N–H and O–H groups in total. The Hall–Kier alpha value is -0.250. The molecule has 0 aliphatic carbocycles. The lowest BCUT2D eigenvalue weighted by atomic mass is 10.1. The number of aliphatic hydroxyl groups excluding tert-OH is 4. The van der Waals surface area contributed by atoms with Crippen molar-refractivity contribution in [2.75, 3.05) is 105 Å². The van der Waals surface area contributed by atoms with Gasteiger partial charge in [-0.05, 0) is 25.7 Å². The van der Waals surface area contributed by atoms with Crippen LogP contribution < -0.4 is 0 Å². The molecule has 242 valence electrons. The minimum atomic E-state index is -3.03. The van der Waals surface area contributed by atoms with E-state index in [1.807, 2.05) is 37.5 Å². The first-order valence-electron chi connectivity index (χ1n) is 14.5. The average Bonchev–Trinajstić information content (AvgIpc) is 2.97. The van der Waals surface area contributed by atoms with Gasteiger partial charge in [0.25, 0.3) is 0 Å². The third-order valence-corrected chi connectivity index (χ3v) is 7.97. The van der Waals surface area contributed by atoms with Crippen LogP contribution in [0.4, 0.5) is 0 Å². The summed E-state index contributed by atoms with van der Waals surface area (Å²) in [6.45, 7) is 11.6. The Morgan fingerprint density at radius 3 is 0.950 bits per heavy atom.